The number of likely N-dealkylation sites (tertiary alicyclic amines) is 1. The molecule has 4 heteroatoms. The van der Waals surface area contributed by atoms with Crippen molar-refractivity contribution in [1.29, 1.82) is 0 Å². The highest BCUT2D eigenvalue weighted by molar-refractivity contribution is 4.74. The number of piperidine rings is 1. The van der Waals surface area contributed by atoms with Gasteiger partial charge in [0.05, 0.1) is 0 Å². The van der Waals surface area contributed by atoms with E-state index < -0.39 is 0 Å². The van der Waals surface area contributed by atoms with Crippen molar-refractivity contribution < 1.29 is 0 Å². The molecule has 0 aromatic heterocycles. The lowest BCUT2D eigenvalue weighted by atomic mass is 10.1. The number of likely N-dealkylation sites (N-methyl/N-ethyl adjacent to an activating group) is 1. The molecule has 0 saturated carbocycles. The van der Waals surface area contributed by atoms with Crippen LogP contribution in [0.3, 0.4) is 0 Å². The highest BCUT2D eigenvalue weighted by Gasteiger charge is 2.20. The predicted octanol–water partition coefficient (Wildman–Crippen LogP) is 0.0934. The lowest BCUT2D eigenvalue weighted by Crippen LogP contribution is -2.46. The highest BCUT2D eigenvalue weighted by atomic mass is 15.5. The summed E-state index contributed by atoms with van der Waals surface area (Å²) in [6.45, 7) is 4.36. The van der Waals surface area contributed by atoms with Crippen LogP contribution in [0.5, 0.6) is 0 Å². The average molecular weight is 213 g/mol. The lowest BCUT2D eigenvalue weighted by molar-refractivity contribution is 0.0932. The molecule has 0 unspecified atom stereocenters. The average Bonchev–Trinajstić information content (AvgIpc) is 2.18. The summed E-state index contributed by atoms with van der Waals surface area (Å²) in [5.74, 6) is 0. The van der Waals surface area contributed by atoms with Gasteiger partial charge < -0.3 is 9.80 Å². The molecule has 0 amide bonds. The Hall–Kier alpha value is -0.160. The maximum atomic E-state index is 4.59. The Bertz CT molecular complexity index is 164. The van der Waals surface area contributed by atoms with E-state index in [1.807, 2.05) is 0 Å². The van der Waals surface area contributed by atoms with Crippen LogP contribution in [0.1, 0.15) is 12.8 Å². The summed E-state index contributed by atoms with van der Waals surface area (Å²) in [5, 5.41) is 2.18. The molecule has 0 aromatic rings. The Morgan fingerprint density at radius 2 is 1.80 bits per heavy atom. The fraction of sp³-hybridized carbons (Fsp3) is 1.00. The molecular formula is C11H25N4. The summed E-state index contributed by atoms with van der Waals surface area (Å²) in [6.07, 6.45) is 2.50. The predicted molar refractivity (Wildman–Crippen MR) is 63.8 cm³/mol. The zero-order chi connectivity index (χ0) is 11.3. The Kier molecular flexibility index (Phi) is 5.53. The second-order valence-corrected chi connectivity index (χ2v) is 4.78. The topological polar surface area (TPSA) is 23.8 Å². The fourth-order valence-electron chi connectivity index (χ4n) is 1.89. The number of rotatable bonds is 5. The van der Waals surface area contributed by atoms with Crippen LogP contribution in [-0.2, 0) is 0 Å². The van der Waals surface area contributed by atoms with Crippen molar-refractivity contribution >= 4 is 0 Å². The van der Waals surface area contributed by atoms with Gasteiger partial charge in [-0.25, -0.2) is 5.01 Å². The number of nitrogens with zero attached hydrogens (tertiary/aromatic N) is 4. The van der Waals surface area contributed by atoms with E-state index >= 15 is 0 Å². The van der Waals surface area contributed by atoms with Crippen molar-refractivity contribution in [3.05, 3.63) is 0 Å². The Morgan fingerprint density at radius 3 is 2.33 bits per heavy atom. The van der Waals surface area contributed by atoms with E-state index in [1.165, 1.54) is 25.9 Å². The van der Waals surface area contributed by atoms with Crippen molar-refractivity contribution in [2.24, 2.45) is 0 Å². The van der Waals surface area contributed by atoms with E-state index in [-0.39, 0.29) is 0 Å². The van der Waals surface area contributed by atoms with Gasteiger partial charge in [-0.05, 0) is 47.1 Å². The van der Waals surface area contributed by atoms with Gasteiger partial charge in [0.2, 0.25) is 0 Å². The fourth-order valence-corrected chi connectivity index (χ4v) is 1.89. The van der Waals surface area contributed by atoms with Gasteiger partial charge in [-0.2, -0.15) is 5.43 Å². The van der Waals surface area contributed by atoms with E-state index in [0.29, 0.717) is 6.04 Å². The second-order valence-electron chi connectivity index (χ2n) is 4.78. The van der Waals surface area contributed by atoms with Crippen LogP contribution in [0.2, 0.25) is 0 Å². The third-order valence-electron chi connectivity index (χ3n) is 3.09. The molecule has 1 heterocycles. The van der Waals surface area contributed by atoms with E-state index in [0.717, 1.165) is 13.1 Å². The minimum absolute atomic E-state index is 0.656. The first kappa shape index (κ1) is 12.9. The second kappa shape index (κ2) is 6.43. The van der Waals surface area contributed by atoms with E-state index in [9.17, 15) is 0 Å². The van der Waals surface area contributed by atoms with Gasteiger partial charge in [0.15, 0.2) is 0 Å². The zero-order valence-electron chi connectivity index (χ0n) is 10.6. The highest BCUT2D eigenvalue weighted by Crippen LogP contribution is 2.12. The van der Waals surface area contributed by atoms with E-state index in [4.69, 9.17) is 0 Å². The largest absolute Gasteiger partial charge is 0.308 e. The quantitative estimate of drug-likeness (QED) is 0.605. The molecule has 1 radical (unpaired) electrons. The zero-order valence-corrected chi connectivity index (χ0v) is 10.6. The molecule has 0 aliphatic carbocycles. The monoisotopic (exact) mass is 213 g/mol. The molecule has 0 aromatic carbocycles. The first-order valence-electron chi connectivity index (χ1n) is 5.83. The summed E-state index contributed by atoms with van der Waals surface area (Å²) in [7, 11) is 8.49. The van der Waals surface area contributed by atoms with Crippen LogP contribution in [0.25, 0.3) is 0 Å². The normalized spacial score (nSPS) is 20.4. The van der Waals surface area contributed by atoms with E-state index in [2.05, 4.69) is 48.4 Å². The molecule has 1 saturated heterocycles. The third kappa shape index (κ3) is 4.93. The van der Waals surface area contributed by atoms with Gasteiger partial charge in [-0.3, -0.25) is 0 Å². The minimum Gasteiger partial charge on any atom is -0.308 e. The van der Waals surface area contributed by atoms with Gasteiger partial charge in [-0.1, -0.05) is 0 Å². The molecule has 0 N–H and O–H groups in total. The van der Waals surface area contributed by atoms with Crippen molar-refractivity contribution in [3.63, 3.8) is 0 Å². The summed E-state index contributed by atoms with van der Waals surface area (Å²) in [6, 6.07) is 0.656. The standard InChI is InChI=1S/C11H25N4/c1-13(2)10-7-12-15(4)11-5-8-14(3)9-6-11/h11H,5-10H2,1-4H3. The molecule has 0 bridgehead atoms. The molecule has 0 atom stereocenters. The van der Waals surface area contributed by atoms with Crippen LogP contribution in [0.4, 0.5) is 0 Å². The molecule has 4 nitrogen and oxygen atoms in total. The molecule has 1 aliphatic rings. The Labute approximate surface area is 94.2 Å². The van der Waals surface area contributed by atoms with Crippen LogP contribution in [0, 0.1) is 0 Å². The minimum atomic E-state index is 0.656. The molecule has 1 fully saturated rings. The molecule has 1 aliphatic heterocycles. The maximum Gasteiger partial charge on any atom is 0.0434 e. The van der Waals surface area contributed by atoms with Crippen LogP contribution >= 0.6 is 0 Å². The SMILES string of the molecule is CN(C)CC[N]N(C)C1CCN(C)CC1. The lowest BCUT2D eigenvalue weighted by Gasteiger charge is -2.34. The van der Waals surface area contributed by atoms with E-state index in [1.54, 1.807) is 0 Å². The van der Waals surface area contributed by atoms with Gasteiger partial charge in [0.1, 0.15) is 0 Å². The number of hydrogen-bond donors (Lipinski definition) is 0. The van der Waals surface area contributed by atoms with Crippen molar-refractivity contribution in [1.82, 2.24) is 20.2 Å². The first-order valence-corrected chi connectivity index (χ1v) is 5.83. The van der Waals surface area contributed by atoms with Gasteiger partial charge in [0, 0.05) is 26.2 Å². The molecule has 89 valence electrons. The third-order valence-corrected chi connectivity index (χ3v) is 3.09. The van der Waals surface area contributed by atoms with Crippen LogP contribution < -0.4 is 5.43 Å². The number of hydrogen-bond acceptors (Lipinski definition) is 3. The summed E-state index contributed by atoms with van der Waals surface area (Å²) >= 11 is 0. The van der Waals surface area contributed by atoms with Crippen molar-refractivity contribution in [3.8, 4) is 0 Å². The molecule has 1 rings (SSSR count). The summed E-state index contributed by atoms with van der Waals surface area (Å²) in [4.78, 5) is 4.57. The molecular weight excluding hydrogens is 188 g/mol. The maximum absolute atomic E-state index is 4.59. The molecule has 0 spiro atoms. The van der Waals surface area contributed by atoms with Gasteiger partial charge >= 0.3 is 0 Å². The summed E-state index contributed by atoms with van der Waals surface area (Å²) in [5.41, 5.74) is 4.59. The smallest absolute Gasteiger partial charge is 0.0434 e. The van der Waals surface area contributed by atoms with Crippen LogP contribution in [-0.4, -0.2) is 75.2 Å². The Balaban J connectivity index is 2.13. The van der Waals surface area contributed by atoms with Crippen molar-refractivity contribution in [2.45, 2.75) is 18.9 Å². The summed E-state index contributed by atoms with van der Waals surface area (Å²) < 4.78 is 0. The Morgan fingerprint density at radius 1 is 1.20 bits per heavy atom. The van der Waals surface area contributed by atoms with Gasteiger partial charge in [0.25, 0.3) is 0 Å². The van der Waals surface area contributed by atoms with Gasteiger partial charge in [-0.15, -0.1) is 0 Å². The first-order chi connectivity index (χ1) is 7.09. The van der Waals surface area contributed by atoms with Crippen molar-refractivity contribution in [2.75, 3.05) is 54.4 Å². The van der Waals surface area contributed by atoms with Crippen LogP contribution in [0.15, 0.2) is 0 Å². The molecule has 15 heavy (non-hydrogen) atoms.